The van der Waals surface area contributed by atoms with Crippen LogP contribution < -0.4 is 10.5 Å². The van der Waals surface area contributed by atoms with Gasteiger partial charge in [-0.2, -0.15) is 0 Å². The fourth-order valence-corrected chi connectivity index (χ4v) is 2.30. The van der Waals surface area contributed by atoms with Crippen LogP contribution in [-0.4, -0.2) is 42.1 Å². The lowest BCUT2D eigenvalue weighted by Crippen LogP contribution is -2.25. The molecule has 0 aromatic carbocycles. The molecule has 1 aromatic heterocycles. The summed E-state index contributed by atoms with van der Waals surface area (Å²) in [4.78, 5) is 14.0. The van der Waals surface area contributed by atoms with Gasteiger partial charge in [0.1, 0.15) is 5.69 Å². The molecule has 1 amide bonds. The molecule has 0 aliphatic carbocycles. The second-order valence-electron chi connectivity index (χ2n) is 3.68. The Morgan fingerprint density at radius 1 is 1.56 bits per heavy atom. The zero-order valence-electron chi connectivity index (χ0n) is 9.80. The molecule has 0 fully saturated rings. The molecule has 0 aliphatic rings. The van der Waals surface area contributed by atoms with E-state index in [1.807, 2.05) is 0 Å². The number of carbonyl (C=O) groups is 1. The highest BCUT2D eigenvalue weighted by Gasteiger charge is 2.14. The van der Waals surface area contributed by atoms with Crippen LogP contribution in [0.1, 0.15) is 16.9 Å². The van der Waals surface area contributed by atoms with Crippen molar-refractivity contribution in [3.63, 3.8) is 0 Å². The van der Waals surface area contributed by atoms with E-state index < -0.39 is 26.7 Å². The molecule has 1 unspecified atom stereocenters. The Balaban J connectivity index is 2.52. The van der Waals surface area contributed by atoms with E-state index in [-0.39, 0.29) is 10.6 Å². The summed E-state index contributed by atoms with van der Waals surface area (Å²) in [5.41, 5.74) is 0.122. The third-order valence-electron chi connectivity index (χ3n) is 2.12. The fraction of sp³-hybridized carbons (Fsp3) is 0.444. The first-order valence-corrected chi connectivity index (χ1v) is 8.37. The second kappa shape index (κ2) is 6.12. The molecule has 1 aromatic rings. The summed E-state index contributed by atoms with van der Waals surface area (Å²) < 4.78 is 32.8. The first-order chi connectivity index (χ1) is 8.30. The number of nitrogens with two attached hydrogens (primary N) is 1. The number of carbonyl (C=O) groups excluding carboxylic acids is 1. The fourth-order valence-electron chi connectivity index (χ4n) is 1.24. The number of amides is 1. The Bertz CT molecular complexity index is 550. The molecule has 9 heteroatoms. The van der Waals surface area contributed by atoms with E-state index in [0.717, 1.165) is 6.20 Å². The molecule has 0 aliphatic heterocycles. The zero-order valence-corrected chi connectivity index (χ0v) is 11.4. The molecule has 1 rings (SSSR count). The first kappa shape index (κ1) is 14.9. The van der Waals surface area contributed by atoms with Crippen LogP contribution in [0.25, 0.3) is 0 Å². The van der Waals surface area contributed by atoms with Crippen LogP contribution in [-0.2, 0) is 20.8 Å². The highest BCUT2D eigenvalue weighted by atomic mass is 32.2. The van der Waals surface area contributed by atoms with Gasteiger partial charge in [-0.3, -0.25) is 9.00 Å². The lowest BCUT2D eigenvalue weighted by molar-refractivity contribution is 0.0949. The summed E-state index contributed by atoms with van der Waals surface area (Å²) in [6.07, 6.45) is 3.34. The Hall–Kier alpha value is -1.19. The molecule has 7 nitrogen and oxygen atoms in total. The van der Waals surface area contributed by atoms with E-state index in [0.29, 0.717) is 18.7 Å². The molecule has 4 N–H and O–H groups in total. The molecule has 0 spiro atoms. The summed E-state index contributed by atoms with van der Waals surface area (Å²) in [5.74, 6) is 0.0831. The largest absolute Gasteiger partial charge is 0.356 e. The topological polar surface area (TPSA) is 122 Å². The Morgan fingerprint density at radius 3 is 2.72 bits per heavy atom. The van der Waals surface area contributed by atoms with Crippen LogP contribution in [0, 0.1) is 0 Å². The van der Waals surface area contributed by atoms with Gasteiger partial charge in [0.05, 0.1) is 4.90 Å². The number of hydrogen-bond donors (Lipinski definition) is 3. The predicted molar refractivity (Wildman–Crippen MR) is 68.0 cm³/mol. The van der Waals surface area contributed by atoms with Crippen molar-refractivity contribution in [2.24, 2.45) is 5.14 Å². The van der Waals surface area contributed by atoms with Crippen molar-refractivity contribution in [2.45, 2.75) is 11.3 Å². The van der Waals surface area contributed by atoms with Crippen molar-refractivity contribution in [2.75, 3.05) is 18.6 Å². The van der Waals surface area contributed by atoms with Gasteiger partial charge in [-0.15, -0.1) is 0 Å². The van der Waals surface area contributed by atoms with Gasteiger partial charge in [-0.05, 0) is 12.5 Å². The van der Waals surface area contributed by atoms with Crippen LogP contribution in [0.3, 0.4) is 0 Å². The number of aromatic nitrogens is 1. The number of hydrogen-bond acceptors (Lipinski definition) is 4. The lowest BCUT2D eigenvalue weighted by atomic mass is 10.4. The SMILES string of the molecule is CS(=O)CCCNC(=O)c1cc(S(N)(=O)=O)c[nH]1. The number of nitrogens with one attached hydrogen (secondary N) is 2. The molecular formula is C9H15N3O4S2. The molecule has 1 atom stereocenters. The molecule has 0 bridgehead atoms. The summed E-state index contributed by atoms with van der Waals surface area (Å²) in [5, 5.41) is 7.49. The Labute approximate surface area is 108 Å². The van der Waals surface area contributed by atoms with Gasteiger partial charge in [0, 0.05) is 35.5 Å². The highest BCUT2D eigenvalue weighted by molar-refractivity contribution is 7.89. The minimum absolute atomic E-state index is 0.122. The average Bonchev–Trinajstić information content (AvgIpc) is 2.72. The van der Waals surface area contributed by atoms with Crippen LogP contribution >= 0.6 is 0 Å². The van der Waals surface area contributed by atoms with Crippen molar-refractivity contribution in [1.29, 1.82) is 0 Å². The molecular weight excluding hydrogens is 278 g/mol. The van der Waals surface area contributed by atoms with Crippen molar-refractivity contribution in [3.8, 4) is 0 Å². The molecule has 102 valence electrons. The number of sulfonamides is 1. The van der Waals surface area contributed by atoms with Gasteiger partial charge < -0.3 is 10.3 Å². The smallest absolute Gasteiger partial charge is 0.267 e. The lowest BCUT2D eigenvalue weighted by Gasteiger charge is -2.02. The summed E-state index contributed by atoms with van der Waals surface area (Å²) in [7, 11) is -4.69. The molecule has 0 saturated heterocycles. The number of primary sulfonamides is 1. The van der Waals surface area contributed by atoms with E-state index >= 15 is 0 Å². The van der Waals surface area contributed by atoms with Gasteiger partial charge in [0.25, 0.3) is 5.91 Å². The molecule has 1 heterocycles. The van der Waals surface area contributed by atoms with E-state index in [1.165, 1.54) is 6.07 Å². The highest BCUT2D eigenvalue weighted by Crippen LogP contribution is 2.08. The van der Waals surface area contributed by atoms with Crippen molar-refractivity contribution in [1.82, 2.24) is 10.3 Å². The third-order valence-corrected chi connectivity index (χ3v) is 3.88. The van der Waals surface area contributed by atoms with Gasteiger partial charge >= 0.3 is 0 Å². The maximum Gasteiger partial charge on any atom is 0.267 e. The van der Waals surface area contributed by atoms with Crippen LogP contribution in [0.5, 0.6) is 0 Å². The summed E-state index contributed by atoms with van der Waals surface area (Å²) >= 11 is 0. The number of H-pyrrole nitrogens is 1. The van der Waals surface area contributed by atoms with Crippen LogP contribution in [0.2, 0.25) is 0 Å². The predicted octanol–water partition coefficient (Wildman–Crippen LogP) is -0.839. The van der Waals surface area contributed by atoms with Gasteiger partial charge in [0.2, 0.25) is 10.0 Å². The van der Waals surface area contributed by atoms with Gasteiger partial charge in [-0.25, -0.2) is 13.6 Å². The second-order valence-corrected chi connectivity index (χ2v) is 6.80. The summed E-state index contributed by atoms with van der Waals surface area (Å²) in [6, 6.07) is 1.17. The van der Waals surface area contributed by atoms with Gasteiger partial charge in [-0.1, -0.05) is 0 Å². The third kappa shape index (κ3) is 4.59. The minimum atomic E-state index is -3.80. The van der Waals surface area contributed by atoms with E-state index in [9.17, 15) is 17.4 Å². The average molecular weight is 293 g/mol. The summed E-state index contributed by atoms with van der Waals surface area (Å²) in [6.45, 7) is 0.377. The van der Waals surface area contributed by atoms with E-state index in [1.54, 1.807) is 6.26 Å². The molecule has 18 heavy (non-hydrogen) atoms. The van der Waals surface area contributed by atoms with Crippen molar-refractivity contribution < 1.29 is 17.4 Å². The first-order valence-electron chi connectivity index (χ1n) is 5.10. The van der Waals surface area contributed by atoms with Crippen LogP contribution in [0.4, 0.5) is 0 Å². The normalized spacial score (nSPS) is 13.2. The van der Waals surface area contributed by atoms with E-state index in [4.69, 9.17) is 5.14 Å². The molecule has 0 saturated carbocycles. The van der Waals surface area contributed by atoms with Crippen LogP contribution in [0.15, 0.2) is 17.2 Å². The maximum absolute atomic E-state index is 11.6. The number of rotatable bonds is 6. The Morgan fingerprint density at radius 2 is 2.22 bits per heavy atom. The van der Waals surface area contributed by atoms with Crippen molar-refractivity contribution >= 4 is 26.7 Å². The quantitative estimate of drug-likeness (QED) is 0.592. The monoisotopic (exact) mass is 293 g/mol. The minimum Gasteiger partial charge on any atom is -0.356 e. The number of aromatic amines is 1. The van der Waals surface area contributed by atoms with Gasteiger partial charge in [0.15, 0.2) is 0 Å². The molecule has 0 radical (unpaired) electrons. The standard InChI is InChI=1S/C9H15N3O4S2/c1-17(14)4-2-3-11-9(13)8-5-7(6-12-8)18(10,15)16/h5-6,12H,2-4H2,1H3,(H,11,13)(H2,10,15,16). The Kier molecular flexibility index (Phi) is 5.05. The van der Waals surface area contributed by atoms with E-state index in [2.05, 4.69) is 10.3 Å². The zero-order chi connectivity index (χ0) is 13.8. The van der Waals surface area contributed by atoms with Crippen molar-refractivity contribution in [3.05, 3.63) is 18.0 Å². The maximum atomic E-state index is 11.6.